The van der Waals surface area contributed by atoms with E-state index in [9.17, 15) is 4.79 Å². The largest absolute Gasteiger partial charge is 0.481 e. The molecule has 5 nitrogen and oxygen atoms in total. The average Bonchev–Trinajstić information content (AvgIpc) is 3.14. The van der Waals surface area contributed by atoms with Gasteiger partial charge in [-0.1, -0.05) is 50.2 Å². The van der Waals surface area contributed by atoms with Gasteiger partial charge in [0.25, 0.3) is 11.9 Å². The zero-order valence-corrected chi connectivity index (χ0v) is 16.0. The number of nitrogens with zero attached hydrogens (tertiary/aromatic N) is 1. The van der Waals surface area contributed by atoms with Crippen LogP contribution < -0.4 is 5.32 Å². The summed E-state index contributed by atoms with van der Waals surface area (Å²) in [7, 11) is 2.02. The molecule has 4 rings (SSSR count). The minimum Gasteiger partial charge on any atom is -0.481 e. The van der Waals surface area contributed by atoms with E-state index in [1.54, 1.807) is 0 Å². The number of aryl methyl sites for hydroxylation is 1. The average molecular weight is 364 g/mol. The fourth-order valence-corrected chi connectivity index (χ4v) is 2.93. The standard InChI is InChI=1S/C18H14N2O.C2H4O2.C2H6/c1-20-11-12(13-6-3-5-9-17(13)20)10-15-14-7-2-4-8-16(14)19-18(15)21;1-2(3)4;1-2/h2-11H,1H3,(H,19,21);1H3,(H,3,4);1-2H3/b15-10-;;. The molecule has 1 aliphatic heterocycles. The Morgan fingerprint density at radius 3 is 2.37 bits per heavy atom. The van der Waals surface area contributed by atoms with Gasteiger partial charge in [-0.05, 0) is 18.2 Å². The fraction of sp³-hybridized carbons (Fsp3) is 0.182. The molecule has 3 aromatic rings. The molecule has 5 heteroatoms. The van der Waals surface area contributed by atoms with E-state index in [1.807, 2.05) is 63.4 Å². The smallest absolute Gasteiger partial charge is 0.300 e. The lowest BCUT2D eigenvalue weighted by Gasteiger charge is -1.97. The minimum atomic E-state index is -0.833. The number of anilines is 1. The maximum atomic E-state index is 12.2. The molecule has 1 aromatic heterocycles. The molecule has 1 aliphatic rings. The van der Waals surface area contributed by atoms with Crippen LogP contribution in [0.3, 0.4) is 0 Å². The predicted molar refractivity (Wildman–Crippen MR) is 111 cm³/mol. The Morgan fingerprint density at radius 2 is 1.67 bits per heavy atom. The molecule has 2 aromatic carbocycles. The number of aromatic nitrogens is 1. The van der Waals surface area contributed by atoms with Gasteiger partial charge < -0.3 is 15.0 Å². The summed E-state index contributed by atoms with van der Waals surface area (Å²) in [6.07, 6.45) is 4.04. The second-order valence-electron chi connectivity index (χ2n) is 5.79. The van der Waals surface area contributed by atoms with Crippen molar-refractivity contribution in [2.75, 3.05) is 5.32 Å². The van der Waals surface area contributed by atoms with Gasteiger partial charge in [-0.25, -0.2) is 0 Å². The van der Waals surface area contributed by atoms with Crippen molar-refractivity contribution in [3.8, 4) is 0 Å². The first-order valence-electron chi connectivity index (χ1n) is 8.83. The number of fused-ring (bicyclic) bond motifs is 2. The molecule has 0 radical (unpaired) electrons. The molecule has 2 heterocycles. The number of carbonyl (C=O) groups excluding carboxylic acids is 1. The second-order valence-corrected chi connectivity index (χ2v) is 5.79. The molecule has 140 valence electrons. The van der Waals surface area contributed by atoms with Crippen molar-refractivity contribution in [1.29, 1.82) is 0 Å². The first-order chi connectivity index (χ1) is 13.0. The van der Waals surface area contributed by atoms with Crippen LogP contribution in [0.2, 0.25) is 0 Å². The summed E-state index contributed by atoms with van der Waals surface area (Å²) in [6, 6.07) is 16.0. The number of nitrogens with one attached hydrogen (secondary N) is 1. The molecule has 0 fully saturated rings. The van der Waals surface area contributed by atoms with E-state index in [0.717, 1.165) is 40.2 Å². The molecule has 0 unspecified atom stereocenters. The van der Waals surface area contributed by atoms with E-state index >= 15 is 0 Å². The quantitative estimate of drug-likeness (QED) is 0.610. The highest BCUT2D eigenvalue weighted by atomic mass is 16.4. The number of hydrogen-bond donors (Lipinski definition) is 2. The van der Waals surface area contributed by atoms with E-state index in [1.165, 1.54) is 0 Å². The summed E-state index contributed by atoms with van der Waals surface area (Å²) in [5.74, 6) is -0.871. The van der Waals surface area contributed by atoms with Crippen LogP contribution in [-0.4, -0.2) is 21.6 Å². The van der Waals surface area contributed by atoms with Crippen LogP contribution in [0.5, 0.6) is 0 Å². The maximum Gasteiger partial charge on any atom is 0.300 e. The fourth-order valence-electron chi connectivity index (χ4n) is 2.93. The number of hydrogen-bond acceptors (Lipinski definition) is 2. The van der Waals surface area contributed by atoms with Gasteiger partial charge in [0.05, 0.1) is 0 Å². The van der Waals surface area contributed by atoms with Gasteiger partial charge in [-0.2, -0.15) is 0 Å². The lowest BCUT2D eigenvalue weighted by molar-refractivity contribution is -0.134. The van der Waals surface area contributed by atoms with Crippen LogP contribution in [0.15, 0.2) is 54.7 Å². The number of benzene rings is 2. The summed E-state index contributed by atoms with van der Waals surface area (Å²) in [6.45, 7) is 5.08. The highest BCUT2D eigenvalue weighted by molar-refractivity contribution is 6.35. The SMILES string of the molecule is CC.CC(=O)O.Cn1cc(/C=C2\C(=O)Nc3ccccc32)c2ccccc21. The third-order valence-electron chi connectivity index (χ3n) is 3.94. The van der Waals surface area contributed by atoms with Crippen molar-refractivity contribution in [2.45, 2.75) is 20.8 Å². The molecule has 0 saturated carbocycles. The Balaban J connectivity index is 0.000000389. The van der Waals surface area contributed by atoms with Crippen molar-refractivity contribution < 1.29 is 14.7 Å². The van der Waals surface area contributed by atoms with Crippen molar-refractivity contribution in [2.24, 2.45) is 7.05 Å². The van der Waals surface area contributed by atoms with Gasteiger partial charge in [0.15, 0.2) is 0 Å². The Kier molecular flexibility index (Phi) is 6.55. The monoisotopic (exact) mass is 364 g/mol. The Bertz CT molecular complexity index is 996. The molecule has 0 bridgehead atoms. The topological polar surface area (TPSA) is 71.3 Å². The summed E-state index contributed by atoms with van der Waals surface area (Å²) in [4.78, 5) is 21.2. The van der Waals surface area contributed by atoms with E-state index in [2.05, 4.69) is 28.2 Å². The van der Waals surface area contributed by atoms with Crippen molar-refractivity contribution >= 4 is 40.1 Å². The summed E-state index contributed by atoms with van der Waals surface area (Å²) < 4.78 is 2.08. The molecular weight excluding hydrogens is 340 g/mol. The highest BCUT2D eigenvalue weighted by Crippen LogP contribution is 2.34. The molecule has 1 amide bonds. The van der Waals surface area contributed by atoms with Crippen LogP contribution in [0.4, 0.5) is 5.69 Å². The lowest BCUT2D eigenvalue weighted by Crippen LogP contribution is -2.03. The Morgan fingerprint density at radius 1 is 1.07 bits per heavy atom. The number of carbonyl (C=O) groups is 2. The second kappa shape index (κ2) is 8.85. The Hall–Kier alpha value is -3.34. The van der Waals surface area contributed by atoms with Crippen LogP contribution >= 0.6 is 0 Å². The number of rotatable bonds is 1. The summed E-state index contributed by atoms with van der Waals surface area (Å²) in [5, 5.41) is 11.5. The van der Waals surface area contributed by atoms with Crippen LogP contribution in [0.1, 0.15) is 31.9 Å². The van der Waals surface area contributed by atoms with Gasteiger partial charge in [0.2, 0.25) is 0 Å². The van der Waals surface area contributed by atoms with Crippen molar-refractivity contribution in [1.82, 2.24) is 4.57 Å². The van der Waals surface area contributed by atoms with Crippen LogP contribution in [0.25, 0.3) is 22.6 Å². The number of carboxylic acids is 1. The van der Waals surface area contributed by atoms with Gasteiger partial charge in [0, 0.05) is 53.5 Å². The molecule has 0 aliphatic carbocycles. The first kappa shape index (κ1) is 20.0. The number of para-hydroxylation sites is 2. The maximum absolute atomic E-state index is 12.2. The zero-order valence-electron chi connectivity index (χ0n) is 16.0. The van der Waals surface area contributed by atoms with E-state index in [0.29, 0.717) is 0 Å². The lowest BCUT2D eigenvalue weighted by atomic mass is 10.0. The summed E-state index contributed by atoms with van der Waals surface area (Å²) >= 11 is 0. The van der Waals surface area contributed by atoms with Crippen molar-refractivity contribution in [3.05, 3.63) is 65.9 Å². The van der Waals surface area contributed by atoms with Gasteiger partial charge in [0.1, 0.15) is 0 Å². The van der Waals surface area contributed by atoms with Gasteiger partial charge in [-0.15, -0.1) is 0 Å². The number of amides is 1. The predicted octanol–water partition coefficient (Wildman–Crippen LogP) is 4.79. The highest BCUT2D eigenvalue weighted by Gasteiger charge is 2.23. The molecule has 0 atom stereocenters. The molecule has 0 saturated heterocycles. The van der Waals surface area contributed by atoms with Gasteiger partial charge >= 0.3 is 0 Å². The molecule has 27 heavy (non-hydrogen) atoms. The summed E-state index contributed by atoms with van der Waals surface area (Å²) in [5.41, 5.74) is 4.80. The molecule has 0 spiro atoms. The normalized spacial score (nSPS) is 13.2. The third-order valence-corrected chi connectivity index (χ3v) is 3.94. The Labute approximate surface area is 158 Å². The van der Waals surface area contributed by atoms with Crippen LogP contribution in [0, 0.1) is 0 Å². The number of carboxylic acid groups (broad SMARTS) is 1. The van der Waals surface area contributed by atoms with E-state index < -0.39 is 5.97 Å². The third kappa shape index (κ3) is 4.44. The van der Waals surface area contributed by atoms with E-state index in [-0.39, 0.29) is 5.91 Å². The van der Waals surface area contributed by atoms with Gasteiger partial charge in [-0.3, -0.25) is 9.59 Å². The molecular formula is C22H24N2O3. The number of aliphatic carboxylic acids is 1. The van der Waals surface area contributed by atoms with E-state index in [4.69, 9.17) is 9.90 Å². The molecule has 2 N–H and O–H groups in total. The van der Waals surface area contributed by atoms with Crippen molar-refractivity contribution in [3.63, 3.8) is 0 Å². The van der Waals surface area contributed by atoms with Crippen LogP contribution in [-0.2, 0) is 16.6 Å². The zero-order chi connectivity index (χ0) is 20.0. The first-order valence-corrected chi connectivity index (χ1v) is 8.83. The minimum absolute atomic E-state index is 0.0378.